The Balaban J connectivity index is 1.83. The molecule has 20 heavy (non-hydrogen) atoms. The van der Waals surface area contributed by atoms with Gasteiger partial charge in [-0.3, -0.25) is 9.48 Å². The standard InChI is InChI=1S/C16H27N3O/c1-12(2)15-9-17-19(11-15)10-14-5-7-18(8-6-14)16(20)13(3)4/h9,11-14H,5-8,10H2,1-4H3. The number of likely N-dealkylation sites (tertiary alicyclic amines) is 1. The van der Waals surface area contributed by atoms with E-state index in [9.17, 15) is 4.79 Å². The first kappa shape index (κ1) is 15.1. The number of amides is 1. The van der Waals surface area contributed by atoms with E-state index in [0.29, 0.717) is 17.7 Å². The van der Waals surface area contributed by atoms with Crippen LogP contribution in [0.25, 0.3) is 0 Å². The smallest absolute Gasteiger partial charge is 0.225 e. The third-order valence-corrected chi connectivity index (χ3v) is 4.19. The lowest BCUT2D eigenvalue weighted by Gasteiger charge is -2.33. The number of piperidine rings is 1. The number of carbonyl (C=O) groups is 1. The minimum absolute atomic E-state index is 0.117. The summed E-state index contributed by atoms with van der Waals surface area (Å²) in [5, 5.41) is 4.45. The molecule has 0 aliphatic carbocycles. The Hall–Kier alpha value is -1.32. The van der Waals surface area contributed by atoms with E-state index in [1.807, 2.05) is 24.9 Å². The molecule has 4 nitrogen and oxygen atoms in total. The molecule has 1 aromatic heterocycles. The molecule has 0 radical (unpaired) electrons. The highest BCUT2D eigenvalue weighted by Crippen LogP contribution is 2.21. The maximum atomic E-state index is 11.9. The van der Waals surface area contributed by atoms with Crippen LogP contribution in [-0.4, -0.2) is 33.7 Å². The fraction of sp³-hybridized carbons (Fsp3) is 0.750. The maximum Gasteiger partial charge on any atom is 0.225 e. The molecular weight excluding hydrogens is 250 g/mol. The van der Waals surface area contributed by atoms with Crippen LogP contribution in [0.1, 0.15) is 52.0 Å². The van der Waals surface area contributed by atoms with Gasteiger partial charge in [0, 0.05) is 31.7 Å². The van der Waals surface area contributed by atoms with Gasteiger partial charge < -0.3 is 4.90 Å². The first-order valence-corrected chi connectivity index (χ1v) is 7.78. The summed E-state index contributed by atoms with van der Waals surface area (Å²) in [6, 6.07) is 0. The summed E-state index contributed by atoms with van der Waals surface area (Å²) in [5.41, 5.74) is 1.30. The molecule has 0 saturated carbocycles. The van der Waals surface area contributed by atoms with Crippen molar-refractivity contribution < 1.29 is 4.79 Å². The predicted molar refractivity (Wildman–Crippen MR) is 80.5 cm³/mol. The van der Waals surface area contributed by atoms with Gasteiger partial charge >= 0.3 is 0 Å². The van der Waals surface area contributed by atoms with Gasteiger partial charge in [0.2, 0.25) is 5.91 Å². The molecule has 0 unspecified atom stereocenters. The van der Waals surface area contributed by atoms with Crippen LogP contribution < -0.4 is 0 Å². The molecule has 0 N–H and O–H groups in total. The van der Waals surface area contributed by atoms with Crippen LogP contribution in [0.3, 0.4) is 0 Å². The Labute approximate surface area is 122 Å². The quantitative estimate of drug-likeness (QED) is 0.848. The summed E-state index contributed by atoms with van der Waals surface area (Å²) in [5.74, 6) is 1.59. The van der Waals surface area contributed by atoms with Crippen LogP contribution in [0.4, 0.5) is 0 Å². The minimum atomic E-state index is 0.117. The lowest BCUT2D eigenvalue weighted by atomic mass is 9.96. The first-order valence-electron chi connectivity index (χ1n) is 7.78. The third-order valence-electron chi connectivity index (χ3n) is 4.19. The average molecular weight is 277 g/mol. The molecule has 1 saturated heterocycles. The Morgan fingerprint density at radius 2 is 1.95 bits per heavy atom. The number of hydrogen-bond donors (Lipinski definition) is 0. The third kappa shape index (κ3) is 3.62. The zero-order valence-corrected chi connectivity index (χ0v) is 13.2. The molecular formula is C16H27N3O. The molecule has 1 aliphatic heterocycles. The van der Waals surface area contributed by atoms with Crippen molar-refractivity contribution in [3.8, 4) is 0 Å². The van der Waals surface area contributed by atoms with Gasteiger partial charge in [-0.25, -0.2) is 0 Å². The van der Waals surface area contributed by atoms with E-state index >= 15 is 0 Å². The Bertz CT molecular complexity index is 442. The number of hydrogen-bond acceptors (Lipinski definition) is 2. The van der Waals surface area contributed by atoms with Crippen LogP contribution in [-0.2, 0) is 11.3 Å². The number of carbonyl (C=O) groups excluding carboxylic acids is 1. The molecule has 0 spiro atoms. The van der Waals surface area contributed by atoms with E-state index in [-0.39, 0.29) is 5.92 Å². The van der Waals surface area contributed by atoms with Crippen LogP contribution in [0, 0.1) is 11.8 Å². The second-order valence-corrected chi connectivity index (χ2v) is 6.57. The number of nitrogens with zero attached hydrogens (tertiary/aromatic N) is 3. The molecule has 0 aromatic carbocycles. The van der Waals surface area contributed by atoms with E-state index in [1.165, 1.54) is 5.56 Å². The fourth-order valence-corrected chi connectivity index (χ4v) is 2.74. The number of rotatable bonds is 4. The van der Waals surface area contributed by atoms with Crippen LogP contribution >= 0.6 is 0 Å². The second-order valence-electron chi connectivity index (χ2n) is 6.57. The molecule has 112 valence electrons. The molecule has 0 atom stereocenters. The van der Waals surface area contributed by atoms with Gasteiger partial charge in [0.25, 0.3) is 0 Å². The van der Waals surface area contributed by atoms with Crippen LogP contribution in [0.2, 0.25) is 0 Å². The molecule has 4 heteroatoms. The molecule has 0 bridgehead atoms. The SMILES string of the molecule is CC(C)C(=O)N1CCC(Cn2cc(C(C)C)cn2)CC1. The molecule has 2 rings (SSSR count). The van der Waals surface area contributed by atoms with Crippen molar-refractivity contribution in [2.24, 2.45) is 11.8 Å². The highest BCUT2D eigenvalue weighted by Gasteiger charge is 2.24. The normalized spacial score (nSPS) is 17.2. The fourth-order valence-electron chi connectivity index (χ4n) is 2.74. The zero-order chi connectivity index (χ0) is 14.7. The van der Waals surface area contributed by atoms with Gasteiger partial charge in [-0.2, -0.15) is 5.10 Å². The summed E-state index contributed by atoms with van der Waals surface area (Å²) in [6.45, 7) is 11.1. The highest BCUT2D eigenvalue weighted by atomic mass is 16.2. The van der Waals surface area contributed by atoms with Gasteiger partial charge in [-0.05, 0) is 30.2 Å². The molecule has 1 fully saturated rings. The van der Waals surface area contributed by atoms with Crippen LogP contribution in [0.15, 0.2) is 12.4 Å². The Kier molecular flexibility index (Phi) is 4.84. The lowest BCUT2D eigenvalue weighted by molar-refractivity contribution is -0.135. The molecule has 1 amide bonds. The van der Waals surface area contributed by atoms with Gasteiger partial charge in [-0.1, -0.05) is 27.7 Å². The minimum Gasteiger partial charge on any atom is -0.342 e. The topological polar surface area (TPSA) is 38.1 Å². The van der Waals surface area contributed by atoms with E-state index in [0.717, 1.165) is 32.5 Å². The van der Waals surface area contributed by atoms with E-state index in [2.05, 4.69) is 29.8 Å². The first-order chi connectivity index (χ1) is 9.47. The zero-order valence-electron chi connectivity index (χ0n) is 13.2. The van der Waals surface area contributed by atoms with Gasteiger partial charge in [0.05, 0.1) is 6.20 Å². The molecule has 1 aromatic rings. The van der Waals surface area contributed by atoms with Crippen molar-refractivity contribution in [3.05, 3.63) is 18.0 Å². The van der Waals surface area contributed by atoms with Crippen molar-refractivity contribution in [3.63, 3.8) is 0 Å². The number of aromatic nitrogens is 2. The van der Waals surface area contributed by atoms with E-state index < -0.39 is 0 Å². The molecule has 1 aliphatic rings. The van der Waals surface area contributed by atoms with Gasteiger partial charge in [-0.15, -0.1) is 0 Å². The van der Waals surface area contributed by atoms with Crippen molar-refractivity contribution in [1.82, 2.24) is 14.7 Å². The summed E-state index contributed by atoms with van der Waals surface area (Å²) < 4.78 is 2.07. The lowest BCUT2D eigenvalue weighted by Crippen LogP contribution is -2.41. The largest absolute Gasteiger partial charge is 0.342 e. The van der Waals surface area contributed by atoms with Gasteiger partial charge in [0.15, 0.2) is 0 Å². The van der Waals surface area contributed by atoms with Crippen LogP contribution in [0.5, 0.6) is 0 Å². The summed E-state index contributed by atoms with van der Waals surface area (Å²) in [7, 11) is 0. The maximum absolute atomic E-state index is 11.9. The van der Waals surface area contributed by atoms with E-state index in [1.54, 1.807) is 0 Å². The van der Waals surface area contributed by atoms with Crippen molar-refractivity contribution in [2.45, 2.75) is 53.0 Å². The summed E-state index contributed by atoms with van der Waals surface area (Å²) >= 11 is 0. The van der Waals surface area contributed by atoms with Gasteiger partial charge in [0.1, 0.15) is 0 Å². The Morgan fingerprint density at radius 3 is 2.45 bits per heavy atom. The predicted octanol–water partition coefficient (Wildman–Crippen LogP) is 2.90. The Morgan fingerprint density at radius 1 is 1.30 bits per heavy atom. The van der Waals surface area contributed by atoms with E-state index in [4.69, 9.17) is 0 Å². The second kappa shape index (κ2) is 6.42. The summed E-state index contributed by atoms with van der Waals surface area (Å²) in [4.78, 5) is 14.0. The monoisotopic (exact) mass is 277 g/mol. The average Bonchev–Trinajstić information content (AvgIpc) is 2.87. The van der Waals surface area contributed by atoms with Crippen molar-refractivity contribution in [1.29, 1.82) is 0 Å². The summed E-state index contributed by atoms with van der Waals surface area (Å²) in [6.07, 6.45) is 6.32. The highest BCUT2D eigenvalue weighted by molar-refractivity contribution is 5.78. The molecule has 2 heterocycles. The van der Waals surface area contributed by atoms with Crippen molar-refractivity contribution in [2.75, 3.05) is 13.1 Å². The van der Waals surface area contributed by atoms with Crippen molar-refractivity contribution >= 4 is 5.91 Å².